The molecule has 0 radical (unpaired) electrons. The van der Waals surface area contributed by atoms with Gasteiger partial charge < -0.3 is 0 Å². The Morgan fingerprint density at radius 3 is 2.45 bits per heavy atom. The van der Waals surface area contributed by atoms with Crippen molar-refractivity contribution in [2.45, 2.75) is 13.0 Å². The van der Waals surface area contributed by atoms with E-state index in [1.54, 1.807) is 0 Å². The molecule has 0 spiro atoms. The Hall–Kier alpha value is -0.900. The van der Waals surface area contributed by atoms with Crippen molar-refractivity contribution < 1.29 is 0 Å². The van der Waals surface area contributed by atoms with Gasteiger partial charge >= 0.3 is 0 Å². The van der Waals surface area contributed by atoms with E-state index in [4.69, 9.17) is 5.84 Å². The minimum atomic E-state index is 0.237. The summed E-state index contributed by atoms with van der Waals surface area (Å²) in [5.41, 5.74) is 6.52. The van der Waals surface area contributed by atoms with Crippen LogP contribution >= 0.6 is 0 Å². The zero-order valence-corrected chi connectivity index (χ0v) is 6.54. The highest BCUT2D eigenvalue weighted by Gasteiger charge is 2.00. The van der Waals surface area contributed by atoms with Crippen LogP contribution in [-0.4, -0.2) is 0 Å². The number of hydrogen-bond acceptors (Lipinski definition) is 3. The highest BCUT2D eigenvalue weighted by molar-refractivity contribution is 5.17. The largest absolute Gasteiger partial charge is 0.258 e. The zero-order valence-electron chi connectivity index (χ0n) is 6.54. The van der Waals surface area contributed by atoms with Crippen LogP contribution in [-0.2, 0) is 0 Å². The molecule has 4 N–H and O–H groups in total. The van der Waals surface area contributed by atoms with Gasteiger partial charge in [-0.1, -0.05) is 30.3 Å². The SMILES string of the molecule is CC(NNN)c1ccccc1. The van der Waals surface area contributed by atoms with E-state index in [0.717, 1.165) is 0 Å². The highest BCUT2D eigenvalue weighted by atomic mass is 15.5. The molecule has 0 bridgehead atoms. The van der Waals surface area contributed by atoms with Gasteiger partial charge in [0, 0.05) is 6.04 Å². The number of benzene rings is 1. The van der Waals surface area contributed by atoms with Gasteiger partial charge in [0.25, 0.3) is 0 Å². The van der Waals surface area contributed by atoms with Gasteiger partial charge in [-0.2, -0.15) is 5.53 Å². The Morgan fingerprint density at radius 2 is 1.91 bits per heavy atom. The van der Waals surface area contributed by atoms with Crippen molar-refractivity contribution >= 4 is 0 Å². The molecule has 0 amide bonds. The first-order valence-corrected chi connectivity index (χ1v) is 3.60. The number of nitrogens with two attached hydrogens (primary N) is 1. The second-order valence-corrected chi connectivity index (χ2v) is 2.42. The molecule has 1 aromatic rings. The van der Waals surface area contributed by atoms with Crippen molar-refractivity contribution in [3.63, 3.8) is 0 Å². The minimum absolute atomic E-state index is 0.237. The quantitative estimate of drug-likeness (QED) is 0.440. The van der Waals surface area contributed by atoms with Crippen LogP contribution in [0.1, 0.15) is 18.5 Å². The zero-order chi connectivity index (χ0) is 8.10. The summed E-state index contributed by atoms with van der Waals surface area (Å²) in [5, 5.41) is 0. The van der Waals surface area contributed by atoms with Gasteiger partial charge in [0.15, 0.2) is 0 Å². The molecule has 1 unspecified atom stereocenters. The number of hydrazine groups is 2. The van der Waals surface area contributed by atoms with Crippen molar-refractivity contribution in [2.24, 2.45) is 5.84 Å². The van der Waals surface area contributed by atoms with Gasteiger partial charge in [-0.25, -0.2) is 5.43 Å². The van der Waals surface area contributed by atoms with Crippen molar-refractivity contribution in [1.82, 2.24) is 11.0 Å². The summed E-state index contributed by atoms with van der Waals surface area (Å²) in [5.74, 6) is 5.11. The molecule has 1 atom stereocenters. The fourth-order valence-corrected chi connectivity index (χ4v) is 0.950. The van der Waals surface area contributed by atoms with E-state index < -0.39 is 0 Å². The first-order chi connectivity index (χ1) is 5.34. The van der Waals surface area contributed by atoms with E-state index >= 15 is 0 Å². The summed E-state index contributed by atoms with van der Waals surface area (Å²) in [7, 11) is 0. The molecule has 0 saturated heterocycles. The fraction of sp³-hybridized carbons (Fsp3) is 0.250. The Bertz CT molecular complexity index is 198. The van der Waals surface area contributed by atoms with E-state index in [-0.39, 0.29) is 6.04 Å². The summed E-state index contributed by atoms with van der Waals surface area (Å²) in [6.07, 6.45) is 0. The normalized spacial score (nSPS) is 12.9. The lowest BCUT2D eigenvalue weighted by molar-refractivity contribution is 0.475. The molecule has 0 fully saturated rings. The van der Waals surface area contributed by atoms with Gasteiger partial charge in [-0.3, -0.25) is 5.84 Å². The molecule has 0 saturated carbocycles. The molecule has 0 aromatic heterocycles. The highest BCUT2D eigenvalue weighted by Crippen LogP contribution is 2.08. The maximum absolute atomic E-state index is 5.11. The predicted molar refractivity (Wildman–Crippen MR) is 45.3 cm³/mol. The Kier molecular flexibility index (Phi) is 3.04. The summed E-state index contributed by atoms with van der Waals surface area (Å²) >= 11 is 0. The molecule has 1 rings (SSSR count). The lowest BCUT2D eigenvalue weighted by Crippen LogP contribution is -2.39. The van der Waals surface area contributed by atoms with E-state index in [2.05, 4.69) is 23.1 Å². The van der Waals surface area contributed by atoms with Crippen molar-refractivity contribution in [1.29, 1.82) is 0 Å². The van der Waals surface area contributed by atoms with Crippen LogP contribution in [0, 0.1) is 0 Å². The Morgan fingerprint density at radius 1 is 1.27 bits per heavy atom. The molecule has 0 aliphatic rings. The lowest BCUT2D eigenvalue weighted by Gasteiger charge is -2.11. The smallest absolute Gasteiger partial charge is 0.0447 e. The van der Waals surface area contributed by atoms with E-state index in [1.807, 2.05) is 25.1 Å². The molecule has 0 aliphatic carbocycles. The van der Waals surface area contributed by atoms with E-state index in [0.29, 0.717) is 0 Å². The number of hydrogen-bond donors (Lipinski definition) is 3. The van der Waals surface area contributed by atoms with E-state index in [9.17, 15) is 0 Å². The summed E-state index contributed by atoms with van der Waals surface area (Å²) < 4.78 is 0. The molecule has 11 heavy (non-hydrogen) atoms. The van der Waals surface area contributed by atoms with Crippen LogP contribution < -0.4 is 16.8 Å². The predicted octanol–water partition coefficient (Wildman–Crippen LogP) is 0.715. The minimum Gasteiger partial charge on any atom is -0.258 e. The van der Waals surface area contributed by atoms with Gasteiger partial charge in [0.1, 0.15) is 0 Å². The molecular weight excluding hydrogens is 138 g/mol. The first kappa shape index (κ1) is 8.20. The molecular formula is C8H13N3. The maximum Gasteiger partial charge on any atom is 0.0447 e. The van der Waals surface area contributed by atoms with Crippen LogP contribution in [0.3, 0.4) is 0 Å². The van der Waals surface area contributed by atoms with Crippen LogP contribution in [0.4, 0.5) is 0 Å². The summed E-state index contributed by atoms with van der Waals surface area (Å²) in [6, 6.07) is 10.3. The first-order valence-electron chi connectivity index (χ1n) is 3.60. The van der Waals surface area contributed by atoms with E-state index in [1.165, 1.54) is 5.56 Å². The molecule has 1 aromatic carbocycles. The second kappa shape index (κ2) is 4.08. The Balaban J connectivity index is 2.61. The van der Waals surface area contributed by atoms with Crippen molar-refractivity contribution in [2.75, 3.05) is 0 Å². The maximum atomic E-state index is 5.11. The fourth-order valence-electron chi connectivity index (χ4n) is 0.950. The number of rotatable bonds is 3. The molecule has 3 heteroatoms. The van der Waals surface area contributed by atoms with Gasteiger partial charge in [0.05, 0.1) is 0 Å². The standard InChI is InChI=1S/C8H13N3/c1-7(10-11-9)8-5-3-2-4-6-8/h2-7,10-11H,9H2,1H3. The van der Waals surface area contributed by atoms with Crippen LogP contribution in [0.5, 0.6) is 0 Å². The summed E-state index contributed by atoms with van der Waals surface area (Å²) in [6.45, 7) is 2.04. The molecule has 60 valence electrons. The number of nitrogens with one attached hydrogen (secondary N) is 2. The lowest BCUT2D eigenvalue weighted by atomic mass is 10.1. The molecule has 3 nitrogen and oxygen atoms in total. The average Bonchev–Trinajstić information content (AvgIpc) is 2.07. The van der Waals surface area contributed by atoms with Crippen LogP contribution in [0.15, 0.2) is 30.3 Å². The Labute approximate surface area is 66.5 Å². The molecule has 0 heterocycles. The monoisotopic (exact) mass is 151 g/mol. The van der Waals surface area contributed by atoms with Crippen molar-refractivity contribution in [3.05, 3.63) is 35.9 Å². The topological polar surface area (TPSA) is 50.1 Å². The van der Waals surface area contributed by atoms with Gasteiger partial charge in [-0.15, -0.1) is 0 Å². The van der Waals surface area contributed by atoms with Crippen molar-refractivity contribution in [3.8, 4) is 0 Å². The van der Waals surface area contributed by atoms with Gasteiger partial charge in [-0.05, 0) is 12.5 Å². The third-order valence-electron chi connectivity index (χ3n) is 1.60. The van der Waals surface area contributed by atoms with Crippen LogP contribution in [0.25, 0.3) is 0 Å². The summed E-state index contributed by atoms with van der Waals surface area (Å²) in [4.78, 5) is 0. The average molecular weight is 151 g/mol. The van der Waals surface area contributed by atoms with Gasteiger partial charge in [0.2, 0.25) is 0 Å². The third-order valence-corrected chi connectivity index (χ3v) is 1.60. The van der Waals surface area contributed by atoms with Crippen LogP contribution in [0.2, 0.25) is 0 Å². The third kappa shape index (κ3) is 2.31. The molecule has 0 aliphatic heterocycles. The second-order valence-electron chi connectivity index (χ2n) is 2.42.